The van der Waals surface area contributed by atoms with Gasteiger partial charge in [-0.05, 0) is 24.9 Å². The second-order valence-corrected chi connectivity index (χ2v) is 6.24. The number of nitrogens with one attached hydrogen (secondary N) is 1. The lowest BCUT2D eigenvalue weighted by atomic mass is 10.2. The largest absolute Gasteiger partial charge is 0.480 e. The number of hydrogen-bond acceptors (Lipinski definition) is 5. The van der Waals surface area contributed by atoms with Crippen LogP contribution >= 0.6 is 11.8 Å². The van der Waals surface area contributed by atoms with Crippen molar-refractivity contribution in [1.29, 1.82) is 5.26 Å². The summed E-state index contributed by atoms with van der Waals surface area (Å²) < 4.78 is 25.4. The summed E-state index contributed by atoms with van der Waals surface area (Å²) in [4.78, 5) is 10.9. The lowest BCUT2D eigenvalue weighted by molar-refractivity contribution is -0.139. The highest BCUT2D eigenvalue weighted by Crippen LogP contribution is 2.07. The van der Waals surface area contributed by atoms with Crippen molar-refractivity contribution in [2.45, 2.75) is 31.1 Å². The van der Waals surface area contributed by atoms with E-state index in [0.29, 0.717) is 5.75 Å². The van der Waals surface area contributed by atoms with Crippen molar-refractivity contribution in [2.24, 2.45) is 0 Å². The van der Waals surface area contributed by atoms with Gasteiger partial charge in [0.15, 0.2) is 5.25 Å². The number of thioether (sulfide) groups is 1. The summed E-state index contributed by atoms with van der Waals surface area (Å²) in [5.41, 5.74) is 0. The minimum atomic E-state index is -3.90. The van der Waals surface area contributed by atoms with Gasteiger partial charge in [-0.2, -0.15) is 21.7 Å². The molecule has 0 saturated carbocycles. The van der Waals surface area contributed by atoms with Crippen LogP contribution in [0, 0.1) is 11.3 Å². The van der Waals surface area contributed by atoms with Crippen LogP contribution in [-0.2, 0) is 14.8 Å². The number of aliphatic carboxylic acids is 1. The Morgan fingerprint density at radius 3 is 2.53 bits per heavy atom. The number of carboxylic acids is 1. The van der Waals surface area contributed by atoms with E-state index in [9.17, 15) is 13.2 Å². The third kappa shape index (κ3) is 5.39. The normalized spacial score (nSPS) is 14.9. The highest BCUT2D eigenvalue weighted by atomic mass is 32.2. The van der Waals surface area contributed by atoms with E-state index in [2.05, 4.69) is 4.72 Å². The molecule has 17 heavy (non-hydrogen) atoms. The summed E-state index contributed by atoms with van der Waals surface area (Å²) in [5, 5.41) is 16.3. The highest BCUT2D eigenvalue weighted by molar-refractivity contribution is 7.98. The first kappa shape index (κ1) is 16.2. The molecule has 0 spiro atoms. The molecule has 98 valence electrons. The fraction of sp³-hybridized carbons (Fsp3) is 0.778. The van der Waals surface area contributed by atoms with Gasteiger partial charge >= 0.3 is 5.97 Å². The van der Waals surface area contributed by atoms with Gasteiger partial charge in [-0.3, -0.25) is 4.79 Å². The SMILES string of the molecule is CCC(C#N)S(=O)(=O)N[C@@H](CCSC)C(=O)O. The number of hydrogen-bond donors (Lipinski definition) is 2. The van der Waals surface area contributed by atoms with Gasteiger partial charge in [0.25, 0.3) is 0 Å². The molecule has 0 aromatic carbocycles. The van der Waals surface area contributed by atoms with Gasteiger partial charge in [-0.25, -0.2) is 8.42 Å². The molecule has 0 heterocycles. The molecule has 0 aromatic heterocycles. The van der Waals surface area contributed by atoms with Crippen molar-refractivity contribution < 1.29 is 18.3 Å². The quantitative estimate of drug-likeness (QED) is 0.667. The smallest absolute Gasteiger partial charge is 0.321 e. The molecule has 0 fully saturated rings. The van der Waals surface area contributed by atoms with E-state index in [1.807, 2.05) is 0 Å². The Bertz CT molecular complexity index is 388. The summed E-state index contributed by atoms with van der Waals surface area (Å²) in [7, 11) is -3.90. The Balaban J connectivity index is 4.76. The van der Waals surface area contributed by atoms with Crippen molar-refractivity contribution in [3.8, 4) is 6.07 Å². The van der Waals surface area contributed by atoms with Gasteiger partial charge < -0.3 is 5.11 Å². The maximum Gasteiger partial charge on any atom is 0.321 e. The average molecular weight is 280 g/mol. The third-order valence-corrected chi connectivity index (χ3v) is 4.55. The minimum absolute atomic E-state index is 0.126. The van der Waals surface area contributed by atoms with Gasteiger partial charge in [-0.1, -0.05) is 6.92 Å². The molecular weight excluding hydrogens is 264 g/mol. The number of sulfonamides is 1. The molecule has 0 aromatic rings. The van der Waals surface area contributed by atoms with E-state index < -0.39 is 27.3 Å². The molecule has 0 amide bonds. The first-order valence-electron chi connectivity index (χ1n) is 5.01. The first-order chi connectivity index (χ1) is 7.88. The summed E-state index contributed by atoms with van der Waals surface area (Å²) in [6.07, 6.45) is 2.12. The Kier molecular flexibility index (Phi) is 7.18. The standard InChI is InChI=1S/C9H16N2O4S2/c1-3-7(6-10)17(14,15)11-8(9(12)13)4-5-16-2/h7-8,11H,3-5H2,1-2H3,(H,12,13)/t7?,8-/m0/s1. The molecule has 0 bridgehead atoms. The second-order valence-electron chi connectivity index (χ2n) is 3.36. The topological polar surface area (TPSA) is 107 Å². The zero-order valence-corrected chi connectivity index (χ0v) is 11.3. The molecule has 0 aliphatic carbocycles. The fourth-order valence-electron chi connectivity index (χ4n) is 1.13. The van der Waals surface area contributed by atoms with Crippen LogP contribution in [0.1, 0.15) is 19.8 Å². The predicted molar refractivity (Wildman–Crippen MR) is 66.2 cm³/mol. The molecule has 0 aliphatic heterocycles. The number of carboxylic acid groups (broad SMARTS) is 1. The van der Waals surface area contributed by atoms with Crippen molar-refractivity contribution in [3.05, 3.63) is 0 Å². The van der Waals surface area contributed by atoms with Crippen LogP contribution in [0.5, 0.6) is 0 Å². The molecule has 0 rings (SSSR count). The Morgan fingerprint density at radius 2 is 2.18 bits per heavy atom. The lowest BCUT2D eigenvalue weighted by Gasteiger charge is -2.16. The molecule has 1 unspecified atom stereocenters. The molecule has 0 saturated heterocycles. The van der Waals surface area contributed by atoms with Gasteiger partial charge in [0.05, 0.1) is 6.07 Å². The second kappa shape index (κ2) is 7.53. The van der Waals surface area contributed by atoms with Crippen molar-refractivity contribution in [1.82, 2.24) is 4.72 Å². The zero-order valence-electron chi connectivity index (χ0n) is 9.71. The number of carbonyl (C=O) groups is 1. The summed E-state index contributed by atoms with van der Waals surface area (Å²) in [6.45, 7) is 1.56. The van der Waals surface area contributed by atoms with Crippen LogP contribution in [0.4, 0.5) is 0 Å². The molecule has 6 nitrogen and oxygen atoms in total. The fourth-order valence-corrected chi connectivity index (χ4v) is 2.96. The van der Waals surface area contributed by atoms with E-state index in [1.54, 1.807) is 19.2 Å². The summed E-state index contributed by atoms with van der Waals surface area (Å²) in [5.74, 6) is -0.696. The summed E-state index contributed by atoms with van der Waals surface area (Å²) >= 11 is 1.43. The average Bonchev–Trinajstić information content (AvgIpc) is 2.25. The molecule has 2 atom stereocenters. The van der Waals surface area contributed by atoms with E-state index >= 15 is 0 Å². The number of nitriles is 1. The van der Waals surface area contributed by atoms with E-state index in [0.717, 1.165) is 0 Å². The van der Waals surface area contributed by atoms with Crippen LogP contribution in [0.2, 0.25) is 0 Å². The van der Waals surface area contributed by atoms with E-state index in [4.69, 9.17) is 10.4 Å². The Hall–Kier alpha value is -0.780. The van der Waals surface area contributed by atoms with Crippen LogP contribution < -0.4 is 4.72 Å². The van der Waals surface area contributed by atoms with Crippen molar-refractivity contribution in [2.75, 3.05) is 12.0 Å². The number of rotatable bonds is 8. The Labute approximate surface area is 105 Å². The Morgan fingerprint density at radius 1 is 1.59 bits per heavy atom. The lowest BCUT2D eigenvalue weighted by Crippen LogP contribution is -2.44. The first-order valence-corrected chi connectivity index (χ1v) is 7.95. The predicted octanol–water partition coefficient (Wildman–Crippen LogP) is 0.414. The highest BCUT2D eigenvalue weighted by Gasteiger charge is 2.29. The zero-order chi connectivity index (χ0) is 13.5. The van der Waals surface area contributed by atoms with Crippen LogP contribution in [0.25, 0.3) is 0 Å². The van der Waals surface area contributed by atoms with E-state index in [-0.39, 0.29) is 12.8 Å². The molecular formula is C9H16N2O4S2. The third-order valence-electron chi connectivity index (χ3n) is 2.10. The van der Waals surface area contributed by atoms with E-state index in [1.165, 1.54) is 11.8 Å². The van der Waals surface area contributed by atoms with Gasteiger partial charge in [0, 0.05) is 0 Å². The monoisotopic (exact) mass is 280 g/mol. The molecule has 2 N–H and O–H groups in total. The molecule has 0 aliphatic rings. The molecule has 0 radical (unpaired) electrons. The minimum Gasteiger partial charge on any atom is -0.480 e. The van der Waals surface area contributed by atoms with Gasteiger partial charge in [0.1, 0.15) is 6.04 Å². The summed E-state index contributed by atoms with van der Waals surface area (Å²) in [6, 6.07) is 0.472. The number of nitrogens with zero attached hydrogens (tertiary/aromatic N) is 1. The van der Waals surface area contributed by atoms with Gasteiger partial charge in [-0.15, -0.1) is 0 Å². The maximum absolute atomic E-state index is 11.7. The van der Waals surface area contributed by atoms with Crippen LogP contribution in [-0.4, -0.2) is 42.8 Å². The van der Waals surface area contributed by atoms with Crippen LogP contribution in [0.15, 0.2) is 0 Å². The maximum atomic E-state index is 11.7. The van der Waals surface area contributed by atoms with Gasteiger partial charge in [0.2, 0.25) is 10.0 Å². The van der Waals surface area contributed by atoms with Crippen molar-refractivity contribution in [3.63, 3.8) is 0 Å². The van der Waals surface area contributed by atoms with Crippen molar-refractivity contribution >= 4 is 27.8 Å². The van der Waals surface area contributed by atoms with Crippen LogP contribution in [0.3, 0.4) is 0 Å². The molecule has 8 heteroatoms.